The molecule has 0 aliphatic heterocycles. The number of rotatable bonds is 4. The van der Waals surface area contributed by atoms with Crippen LogP contribution in [-0.4, -0.2) is 25.8 Å². The molecule has 1 unspecified atom stereocenters. The number of benzene rings is 2. The molecule has 3 aromatic rings. The summed E-state index contributed by atoms with van der Waals surface area (Å²) in [5.74, 6) is -0.989. The number of aromatic nitrogens is 3. The number of phenolic OH excluding ortho intramolecular Hbond substituents is 1. The number of nitrogens with one attached hydrogen (secondary N) is 1. The zero-order valence-corrected chi connectivity index (χ0v) is 15.7. The second kappa shape index (κ2) is 7.53. The first kappa shape index (κ1) is 18.5. The zero-order chi connectivity index (χ0) is 18.8. The highest BCUT2D eigenvalue weighted by Crippen LogP contribution is 2.38. The van der Waals surface area contributed by atoms with Crippen LogP contribution < -0.4 is 5.32 Å². The van der Waals surface area contributed by atoms with Crippen LogP contribution in [0.1, 0.15) is 28.9 Å². The third kappa shape index (κ3) is 3.62. The Morgan fingerprint density at radius 3 is 2.50 bits per heavy atom. The van der Waals surface area contributed by atoms with Gasteiger partial charge in [0.05, 0.1) is 26.8 Å². The quantitative estimate of drug-likeness (QED) is 0.623. The number of carbonyl (C=O) groups excluding carboxylic acids is 1. The van der Waals surface area contributed by atoms with Gasteiger partial charge in [0.1, 0.15) is 24.0 Å². The van der Waals surface area contributed by atoms with Gasteiger partial charge in [-0.2, -0.15) is 5.10 Å². The summed E-state index contributed by atoms with van der Waals surface area (Å²) in [6.45, 7) is 1.81. The van der Waals surface area contributed by atoms with Gasteiger partial charge >= 0.3 is 0 Å². The van der Waals surface area contributed by atoms with E-state index in [1.54, 1.807) is 17.9 Å². The average molecular weight is 412 g/mol. The topological polar surface area (TPSA) is 80.0 Å². The van der Waals surface area contributed by atoms with Crippen molar-refractivity contribution in [1.29, 1.82) is 0 Å². The van der Waals surface area contributed by atoms with E-state index in [1.165, 1.54) is 12.4 Å². The van der Waals surface area contributed by atoms with Gasteiger partial charge in [0, 0.05) is 0 Å². The maximum absolute atomic E-state index is 12.5. The molecule has 0 bridgehead atoms. The van der Waals surface area contributed by atoms with E-state index in [2.05, 4.69) is 15.4 Å². The number of nitrogens with zero attached hydrogens (tertiary/aromatic N) is 3. The first-order valence-corrected chi connectivity index (χ1v) is 8.64. The molecule has 1 amide bonds. The second-order valence-corrected chi connectivity index (χ2v) is 6.70. The van der Waals surface area contributed by atoms with E-state index in [1.807, 2.05) is 24.3 Å². The Morgan fingerprint density at radius 2 is 1.88 bits per heavy atom. The lowest BCUT2D eigenvalue weighted by atomic mass is 10.1. The van der Waals surface area contributed by atoms with E-state index in [4.69, 9.17) is 34.8 Å². The molecule has 134 valence electrons. The number of aromatic hydroxyl groups is 1. The highest BCUT2D eigenvalue weighted by molar-refractivity contribution is 6.45. The van der Waals surface area contributed by atoms with Crippen LogP contribution in [0, 0.1) is 0 Å². The molecule has 1 aromatic heterocycles. The fourth-order valence-corrected chi connectivity index (χ4v) is 3.10. The van der Waals surface area contributed by atoms with Gasteiger partial charge in [-0.15, -0.1) is 0 Å². The lowest BCUT2D eigenvalue weighted by Gasteiger charge is -2.17. The molecule has 26 heavy (non-hydrogen) atoms. The molecule has 0 fully saturated rings. The van der Waals surface area contributed by atoms with Crippen LogP contribution in [0.4, 0.5) is 0 Å². The van der Waals surface area contributed by atoms with Crippen molar-refractivity contribution in [2.24, 2.45) is 0 Å². The van der Waals surface area contributed by atoms with Crippen molar-refractivity contribution in [2.45, 2.75) is 13.0 Å². The summed E-state index contributed by atoms with van der Waals surface area (Å²) in [5.41, 5.74) is 1.54. The molecule has 0 saturated heterocycles. The van der Waals surface area contributed by atoms with Crippen LogP contribution in [0.2, 0.25) is 15.1 Å². The molecule has 3 rings (SSSR count). The number of hydrogen-bond acceptors (Lipinski definition) is 4. The number of phenols is 1. The van der Waals surface area contributed by atoms with Crippen molar-refractivity contribution in [3.8, 4) is 11.4 Å². The highest BCUT2D eigenvalue weighted by atomic mass is 35.5. The Labute approximate surface area is 164 Å². The van der Waals surface area contributed by atoms with E-state index < -0.39 is 11.7 Å². The number of carbonyl (C=O) groups is 1. The Bertz CT molecular complexity index is 917. The van der Waals surface area contributed by atoms with E-state index in [-0.39, 0.29) is 26.7 Å². The Hall–Kier alpha value is -2.28. The SMILES string of the molecule is CC(NC(=O)c1c(O)c(Cl)cc(Cl)c1Cl)c1ccc(-n2cncn2)cc1. The summed E-state index contributed by atoms with van der Waals surface area (Å²) in [5, 5.41) is 16.9. The second-order valence-electron chi connectivity index (χ2n) is 5.50. The number of halogens is 3. The van der Waals surface area contributed by atoms with E-state index >= 15 is 0 Å². The average Bonchev–Trinajstić information content (AvgIpc) is 3.15. The van der Waals surface area contributed by atoms with Gasteiger partial charge in [-0.05, 0) is 30.7 Å². The Kier molecular flexibility index (Phi) is 5.36. The van der Waals surface area contributed by atoms with Crippen molar-refractivity contribution in [2.75, 3.05) is 0 Å². The van der Waals surface area contributed by atoms with Crippen LogP contribution in [-0.2, 0) is 0 Å². The van der Waals surface area contributed by atoms with E-state index in [0.29, 0.717) is 0 Å². The summed E-state index contributed by atoms with van der Waals surface area (Å²) in [4.78, 5) is 16.4. The maximum atomic E-state index is 12.5. The molecule has 0 aliphatic rings. The van der Waals surface area contributed by atoms with Gasteiger partial charge in [0.25, 0.3) is 5.91 Å². The molecule has 6 nitrogen and oxygen atoms in total. The minimum atomic E-state index is -0.579. The Morgan fingerprint density at radius 1 is 1.19 bits per heavy atom. The summed E-state index contributed by atoms with van der Waals surface area (Å²) in [6.07, 6.45) is 3.04. The van der Waals surface area contributed by atoms with Crippen molar-refractivity contribution in [3.63, 3.8) is 0 Å². The standard InChI is InChI=1S/C17H13Cl3N4O2/c1-9(10-2-4-11(5-3-10)24-8-21-7-22-24)23-17(26)14-15(20)12(18)6-13(19)16(14)25/h2-9,25H,1H3,(H,23,26). The van der Waals surface area contributed by atoms with E-state index in [0.717, 1.165) is 11.3 Å². The maximum Gasteiger partial charge on any atom is 0.257 e. The smallest absolute Gasteiger partial charge is 0.257 e. The van der Waals surface area contributed by atoms with E-state index in [9.17, 15) is 9.90 Å². The van der Waals surface area contributed by atoms with Crippen LogP contribution >= 0.6 is 34.8 Å². The third-order valence-electron chi connectivity index (χ3n) is 3.80. The van der Waals surface area contributed by atoms with Crippen LogP contribution in [0.5, 0.6) is 5.75 Å². The normalized spacial score (nSPS) is 12.0. The lowest BCUT2D eigenvalue weighted by molar-refractivity contribution is 0.0937. The van der Waals surface area contributed by atoms with Gasteiger partial charge in [-0.1, -0.05) is 46.9 Å². The van der Waals surface area contributed by atoms with Crippen LogP contribution in [0.3, 0.4) is 0 Å². The van der Waals surface area contributed by atoms with Crippen molar-refractivity contribution in [3.05, 3.63) is 69.2 Å². The summed E-state index contributed by atoms with van der Waals surface area (Å²) in [6, 6.07) is 8.35. The summed E-state index contributed by atoms with van der Waals surface area (Å²) in [7, 11) is 0. The molecular formula is C17H13Cl3N4O2. The van der Waals surface area contributed by atoms with Gasteiger partial charge < -0.3 is 10.4 Å². The van der Waals surface area contributed by atoms with Gasteiger partial charge in [-0.25, -0.2) is 9.67 Å². The third-order valence-corrected chi connectivity index (χ3v) is 4.87. The largest absolute Gasteiger partial charge is 0.505 e. The van der Waals surface area contributed by atoms with Crippen LogP contribution in [0.15, 0.2) is 43.0 Å². The molecule has 0 saturated carbocycles. The van der Waals surface area contributed by atoms with Crippen molar-refractivity contribution >= 4 is 40.7 Å². The van der Waals surface area contributed by atoms with Crippen LogP contribution in [0.25, 0.3) is 5.69 Å². The molecule has 9 heteroatoms. The molecule has 0 radical (unpaired) electrons. The van der Waals surface area contributed by atoms with Crippen molar-refractivity contribution < 1.29 is 9.90 Å². The molecule has 1 atom stereocenters. The fourth-order valence-electron chi connectivity index (χ4n) is 2.40. The Balaban J connectivity index is 1.80. The number of amides is 1. The minimum Gasteiger partial charge on any atom is -0.505 e. The highest BCUT2D eigenvalue weighted by Gasteiger charge is 2.22. The minimum absolute atomic E-state index is 0.0469. The zero-order valence-electron chi connectivity index (χ0n) is 13.4. The van der Waals surface area contributed by atoms with Gasteiger partial charge in [-0.3, -0.25) is 4.79 Å². The number of hydrogen-bond donors (Lipinski definition) is 2. The first-order chi connectivity index (χ1) is 12.4. The predicted octanol–water partition coefficient (Wildman–Crippen LogP) is 4.42. The summed E-state index contributed by atoms with van der Waals surface area (Å²) >= 11 is 17.8. The fraction of sp³-hybridized carbons (Fsp3) is 0.118. The lowest BCUT2D eigenvalue weighted by Crippen LogP contribution is -2.27. The molecule has 0 aliphatic carbocycles. The molecule has 2 aromatic carbocycles. The van der Waals surface area contributed by atoms with Gasteiger partial charge in [0.2, 0.25) is 0 Å². The first-order valence-electron chi connectivity index (χ1n) is 7.50. The monoisotopic (exact) mass is 410 g/mol. The molecule has 0 spiro atoms. The van der Waals surface area contributed by atoms with Gasteiger partial charge in [0.15, 0.2) is 0 Å². The molecular weight excluding hydrogens is 399 g/mol. The molecule has 2 N–H and O–H groups in total. The van der Waals surface area contributed by atoms with Crippen molar-refractivity contribution in [1.82, 2.24) is 20.1 Å². The predicted molar refractivity (Wildman–Crippen MR) is 100 cm³/mol. The summed E-state index contributed by atoms with van der Waals surface area (Å²) < 4.78 is 1.62. The molecule has 1 heterocycles.